The van der Waals surface area contributed by atoms with Crippen molar-refractivity contribution in [1.82, 2.24) is 15.3 Å². The summed E-state index contributed by atoms with van der Waals surface area (Å²) in [4.78, 5) is 7.98. The second-order valence-electron chi connectivity index (χ2n) is 2.62. The largest absolute Gasteiger partial charge is 0.369 e. The Hall–Kier alpha value is -1.00. The molecule has 0 aromatic carbocycles. The molecular formula is C8H10N3O. The Labute approximate surface area is 71.0 Å². The molecule has 63 valence electrons. The van der Waals surface area contributed by atoms with Crippen molar-refractivity contribution >= 4 is 0 Å². The van der Waals surface area contributed by atoms with E-state index in [4.69, 9.17) is 4.74 Å². The molecule has 1 aliphatic rings. The molecule has 0 saturated carbocycles. The highest BCUT2D eigenvalue weighted by Gasteiger charge is 2.16. The van der Waals surface area contributed by atoms with Gasteiger partial charge in [0.15, 0.2) is 0 Å². The van der Waals surface area contributed by atoms with E-state index in [9.17, 15) is 0 Å². The summed E-state index contributed by atoms with van der Waals surface area (Å²) in [7, 11) is 0. The van der Waals surface area contributed by atoms with Gasteiger partial charge in [-0.2, -0.15) is 0 Å². The summed E-state index contributed by atoms with van der Waals surface area (Å²) in [5, 5.41) is 3.22. The molecule has 4 nitrogen and oxygen atoms in total. The lowest BCUT2D eigenvalue weighted by atomic mass is 10.2. The van der Waals surface area contributed by atoms with E-state index in [0.717, 1.165) is 25.4 Å². The van der Waals surface area contributed by atoms with Crippen LogP contribution in [0.4, 0.5) is 0 Å². The Morgan fingerprint density at radius 2 is 2.58 bits per heavy atom. The molecule has 1 saturated heterocycles. The van der Waals surface area contributed by atoms with Crippen molar-refractivity contribution in [2.45, 2.75) is 6.10 Å². The monoisotopic (exact) mass is 164 g/mol. The Morgan fingerprint density at radius 3 is 3.25 bits per heavy atom. The van der Waals surface area contributed by atoms with Gasteiger partial charge < -0.3 is 10.1 Å². The van der Waals surface area contributed by atoms with Crippen LogP contribution < -0.4 is 5.32 Å². The van der Waals surface area contributed by atoms with Crippen LogP contribution in [0.3, 0.4) is 0 Å². The minimum Gasteiger partial charge on any atom is -0.369 e. The maximum atomic E-state index is 5.47. The van der Waals surface area contributed by atoms with E-state index in [-0.39, 0.29) is 6.10 Å². The lowest BCUT2D eigenvalue weighted by molar-refractivity contribution is 0.0246. The van der Waals surface area contributed by atoms with Crippen LogP contribution in [-0.4, -0.2) is 29.7 Å². The molecule has 1 aliphatic heterocycles. The van der Waals surface area contributed by atoms with E-state index in [2.05, 4.69) is 21.5 Å². The predicted molar refractivity (Wildman–Crippen MR) is 42.4 cm³/mol. The van der Waals surface area contributed by atoms with E-state index >= 15 is 0 Å². The maximum absolute atomic E-state index is 5.47. The predicted octanol–water partition coefficient (Wildman–Crippen LogP) is -0.0623. The Bertz CT molecular complexity index is 233. The SMILES string of the molecule is [c]1nccnc1C1CNCCO1. The van der Waals surface area contributed by atoms with Crippen LogP contribution in [0.15, 0.2) is 12.4 Å². The number of nitrogens with one attached hydrogen (secondary N) is 1. The first kappa shape index (κ1) is 7.64. The average molecular weight is 164 g/mol. The highest BCUT2D eigenvalue weighted by Crippen LogP contribution is 2.13. The molecular weight excluding hydrogens is 154 g/mol. The van der Waals surface area contributed by atoms with Crippen molar-refractivity contribution in [1.29, 1.82) is 0 Å². The number of hydrogen-bond donors (Lipinski definition) is 1. The lowest BCUT2D eigenvalue weighted by Gasteiger charge is -2.22. The fourth-order valence-electron chi connectivity index (χ4n) is 1.18. The first-order valence-corrected chi connectivity index (χ1v) is 3.98. The average Bonchev–Trinajstić information content (AvgIpc) is 2.21. The second kappa shape index (κ2) is 3.60. The van der Waals surface area contributed by atoms with E-state index in [0.29, 0.717) is 0 Å². The summed E-state index contributed by atoms with van der Waals surface area (Å²) in [5.41, 5.74) is 0.782. The number of morpholine rings is 1. The molecule has 0 aliphatic carbocycles. The topological polar surface area (TPSA) is 47.0 Å². The van der Waals surface area contributed by atoms with Crippen molar-refractivity contribution in [2.24, 2.45) is 0 Å². The van der Waals surface area contributed by atoms with E-state index in [1.165, 1.54) is 0 Å². The van der Waals surface area contributed by atoms with Gasteiger partial charge in [-0.05, 0) is 0 Å². The number of rotatable bonds is 1. The third-order valence-electron chi connectivity index (χ3n) is 1.77. The van der Waals surface area contributed by atoms with Gasteiger partial charge in [-0.15, -0.1) is 0 Å². The molecule has 1 aromatic rings. The molecule has 1 N–H and O–H groups in total. The fourth-order valence-corrected chi connectivity index (χ4v) is 1.18. The minimum absolute atomic E-state index is 0.0208. The normalized spacial score (nSPS) is 23.8. The van der Waals surface area contributed by atoms with E-state index < -0.39 is 0 Å². The highest BCUT2D eigenvalue weighted by atomic mass is 16.5. The van der Waals surface area contributed by atoms with Crippen LogP contribution in [0.5, 0.6) is 0 Å². The van der Waals surface area contributed by atoms with Gasteiger partial charge >= 0.3 is 0 Å². The summed E-state index contributed by atoms with van der Waals surface area (Å²) in [5.74, 6) is 0. The molecule has 1 atom stereocenters. The fraction of sp³-hybridized carbons (Fsp3) is 0.500. The van der Waals surface area contributed by atoms with Crippen LogP contribution in [0.1, 0.15) is 11.8 Å². The second-order valence-corrected chi connectivity index (χ2v) is 2.62. The molecule has 1 fully saturated rings. The zero-order chi connectivity index (χ0) is 8.23. The Kier molecular flexibility index (Phi) is 2.29. The number of hydrogen-bond acceptors (Lipinski definition) is 4. The van der Waals surface area contributed by atoms with Crippen LogP contribution in [0, 0.1) is 6.20 Å². The number of nitrogens with zero attached hydrogens (tertiary/aromatic N) is 2. The summed E-state index contributed by atoms with van der Waals surface area (Å²) in [6, 6.07) is 0. The number of ether oxygens (including phenoxy) is 1. The molecule has 2 rings (SSSR count). The van der Waals surface area contributed by atoms with Gasteiger partial charge in [0.1, 0.15) is 12.3 Å². The van der Waals surface area contributed by atoms with Gasteiger partial charge in [-0.3, -0.25) is 9.97 Å². The van der Waals surface area contributed by atoms with Crippen LogP contribution >= 0.6 is 0 Å². The summed E-state index contributed by atoms with van der Waals surface area (Å²) < 4.78 is 5.47. The van der Waals surface area contributed by atoms with Gasteiger partial charge in [0, 0.05) is 25.5 Å². The van der Waals surface area contributed by atoms with Crippen molar-refractivity contribution in [2.75, 3.05) is 19.7 Å². The summed E-state index contributed by atoms with van der Waals surface area (Å²) in [6.07, 6.45) is 6.10. The Morgan fingerprint density at radius 1 is 1.58 bits per heavy atom. The molecule has 0 bridgehead atoms. The summed E-state index contributed by atoms with van der Waals surface area (Å²) >= 11 is 0. The van der Waals surface area contributed by atoms with Gasteiger partial charge in [0.05, 0.1) is 12.3 Å². The van der Waals surface area contributed by atoms with Gasteiger partial charge in [0.2, 0.25) is 0 Å². The van der Waals surface area contributed by atoms with Gasteiger partial charge in [0.25, 0.3) is 0 Å². The van der Waals surface area contributed by atoms with Gasteiger partial charge in [-0.25, -0.2) is 0 Å². The maximum Gasteiger partial charge on any atom is 0.115 e. The van der Waals surface area contributed by atoms with Crippen LogP contribution in [0.25, 0.3) is 0 Å². The molecule has 2 heterocycles. The van der Waals surface area contributed by atoms with Crippen molar-refractivity contribution in [3.05, 3.63) is 24.3 Å². The molecule has 0 spiro atoms. The molecule has 1 aromatic heterocycles. The zero-order valence-corrected chi connectivity index (χ0v) is 6.66. The van der Waals surface area contributed by atoms with E-state index in [1.807, 2.05) is 0 Å². The third kappa shape index (κ3) is 1.60. The standard InChI is InChI=1S/C8H10N3O/c1-2-11-7(5-9-1)8-6-10-3-4-12-8/h1-2,8,10H,3-4,6H2. The Balaban J connectivity index is 2.08. The first-order valence-electron chi connectivity index (χ1n) is 3.98. The molecule has 4 heteroatoms. The van der Waals surface area contributed by atoms with Gasteiger partial charge in [-0.1, -0.05) is 0 Å². The first-order chi connectivity index (χ1) is 5.97. The smallest absolute Gasteiger partial charge is 0.115 e. The van der Waals surface area contributed by atoms with Crippen molar-refractivity contribution in [3.8, 4) is 0 Å². The van der Waals surface area contributed by atoms with E-state index in [1.54, 1.807) is 12.4 Å². The molecule has 1 unspecified atom stereocenters. The minimum atomic E-state index is 0.0208. The van der Waals surface area contributed by atoms with Crippen molar-refractivity contribution in [3.63, 3.8) is 0 Å². The van der Waals surface area contributed by atoms with Crippen LogP contribution in [-0.2, 0) is 4.74 Å². The lowest BCUT2D eigenvalue weighted by Crippen LogP contribution is -2.33. The number of aromatic nitrogens is 2. The van der Waals surface area contributed by atoms with Crippen molar-refractivity contribution < 1.29 is 4.74 Å². The highest BCUT2D eigenvalue weighted by molar-refractivity contribution is 4.99. The van der Waals surface area contributed by atoms with Crippen LogP contribution in [0.2, 0.25) is 0 Å². The quantitative estimate of drug-likeness (QED) is 0.631. The molecule has 12 heavy (non-hydrogen) atoms. The zero-order valence-electron chi connectivity index (χ0n) is 6.66. The summed E-state index contributed by atoms with van der Waals surface area (Å²) in [6.45, 7) is 2.45. The molecule has 1 radical (unpaired) electrons. The third-order valence-corrected chi connectivity index (χ3v) is 1.77. The molecule has 0 amide bonds.